The number of thiol groups is 1. The van der Waals surface area contributed by atoms with E-state index in [1.165, 1.54) is 0 Å². The second-order valence-corrected chi connectivity index (χ2v) is 5.81. The standard InChI is InChI=1S/C22H30N2S/c1-9-13-17(5)22(14-10-2)23-19(7)24(8)21(12-4)16-15-20(11-3)18(6)25/h9-16,23,25H,1-2,6-7H2,3-5,8H3/b16-15-,17-13-,20-11+,21-12+,22-14+. The Balaban J connectivity index is 5.36. The van der Waals surface area contributed by atoms with E-state index in [1.54, 1.807) is 12.2 Å². The van der Waals surface area contributed by atoms with E-state index in [0.29, 0.717) is 0 Å². The van der Waals surface area contributed by atoms with E-state index >= 15 is 0 Å². The molecule has 0 aromatic carbocycles. The van der Waals surface area contributed by atoms with Crippen LogP contribution < -0.4 is 5.32 Å². The van der Waals surface area contributed by atoms with E-state index in [4.69, 9.17) is 0 Å². The van der Waals surface area contributed by atoms with Gasteiger partial charge in [0.25, 0.3) is 0 Å². The van der Waals surface area contributed by atoms with E-state index < -0.39 is 0 Å². The van der Waals surface area contributed by atoms with Crippen molar-refractivity contribution in [2.45, 2.75) is 20.8 Å². The van der Waals surface area contributed by atoms with E-state index in [9.17, 15) is 0 Å². The monoisotopic (exact) mass is 354 g/mol. The van der Waals surface area contributed by atoms with Crippen LogP contribution in [0, 0.1) is 0 Å². The van der Waals surface area contributed by atoms with Gasteiger partial charge in [-0.3, -0.25) is 0 Å². The minimum Gasteiger partial charge on any atom is -0.342 e. The molecule has 0 aliphatic carbocycles. The molecule has 0 rings (SSSR count). The Bertz CT molecular complexity index is 670. The van der Waals surface area contributed by atoms with Gasteiger partial charge in [0.2, 0.25) is 0 Å². The Labute approximate surface area is 159 Å². The van der Waals surface area contributed by atoms with Crippen molar-refractivity contribution in [1.29, 1.82) is 0 Å². The lowest BCUT2D eigenvalue weighted by molar-refractivity contribution is 0.501. The lowest BCUT2D eigenvalue weighted by Gasteiger charge is -2.25. The van der Waals surface area contributed by atoms with Crippen molar-refractivity contribution in [3.8, 4) is 0 Å². The van der Waals surface area contributed by atoms with Crippen molar-refractivity contribution < 1.29 is 0 Å². The summed E-state index contributed by atoms with van der Waals surface area (Å²) in [4.78, 5) is 2.71. The molecule has 0 fully saturated rings. The molecule has 0 atom stereocenters. The number of hydrogen-bond donors (Lipinski definition) is 2. The van der Waals surface area contributed by atoms with Crippen molar-refractivity contribution >= 4 is 12.6 Å². The average molecular weight is 355 g/mol. The highest BCUT2D eigenvalue weighted by molar-refractivity contribution is 7.84. The van der Waals surface area contributed by atoms with Crippen LogP contribution in [0.4, 0.5) is 0 Å². The van der Waals surface area contributed by atoms with E-state index in [2.05, 4.69) is 44.3 Å². The molecule has 0 spiro atoms. The first-order chi connectivity index (χ1) is 11.8. The predicted octanol–water partition coefficient (Wildman–Crippen LogP) is 6.03. The van der Waals surface area contributed by atoms with Crippen LogP contribution in [0.5, 0.6) is 0 Å². The number of hydrogen-bond acceptors (Lipinski definition) is 3. The molecule has 0 bridgehead atoms. The van der Waals surface area contributed by atoms with Crippen LogP contribution in [-0.2, 0) is 0 Å². The first kappa shape index (κ1) is 22.6. The first-order valence-corrected chi connectivity index (χ1v) is 8.48. The molecule has 0 radical (unpaired) electrons. The van der Waals surface area contributed by atoms with Crippen LogP contribution in [0.3, 0.4) is 0 Å². The van der Waals surface area contributed by atoms with Crippen LogP contribution in [0.15, 0.2) is 108 Å². The summed E-state index contributed by atoms with van der Waals surface area (Å²) in [6.45, 7) is 21.4. The molecule has 134 valence electrons. The van der Waals surface area contributed by atoms with Crippen molar-refractivity contribution in [3.63, 3.8) is 0 Å². The second-order valence-electron chi connectivity index (χ2n) is 5.27. The van der Waals surface area contributed by atoms with Gasteiger partial charge >= 0.3 is 0 Å². The highest BCUT2D eigenvalue weighted by atomic mass is 32.1. The van der Waals surface area contributed by atoms with Gasteiger partial charge in [-0.25, -0.2) is 0 Å². The zero-order chi connectivity index (χ0) is 19.4. The van der Waals surface area contributed by atoms with Crippen LogP contribution in [0.25, 0.3) is 0 Å². The fourth-order valence-corrected chi connectivity index (χ4v) is 2.19. The fraction of sp³-hybridized carbons (Fsp3) is 0.182. The third kappa shape index (κ3) is 7.81. The average Bonchev–Trinajstić information content (AvgIpc) is 2.57. The predicted molar refractivity (Wildman–Crippen MR) is 117 cm³/mol. The summed E-state index contributed by atoms with van der Waals surface area (Å²) in [5.41, 5.74) is 3.94. The topological polar surface area (TPSA) is 15.3 Å². The Morgan fingerprint density at radius 3 is 2.04 bits per heavy atom. The van der Waals surface area contributed by atoms with Crippen LogP contribution >= 0.6 is 12.6 Å². The van der Waals surface area contributed by atoms with Crippen molar-refractivity contribution in [2.24, 2.45) is 0 Å². The molecule has 1 N–H and O–H groups in total. The zero-order valence-corrected chi connectivity index (χ0v) is 16.7. The minimum absolute atomic E-state index is 0.732. The SMILES string of the molecule is C=C/C=C(C)\C(=C/C=C)NC(=C)N(C)C(/C=C\C(=C/C)C(=C)S)=C/C. The smallest absolute Gasteiger partial charge is 0.103 e. The number of nitrogens with zero attached hydrogens (tertiary/aromatic N) is 1. The van der Waals surface area contributed by atoms with E-state index in [1.807, 2.05) is 69.2 Å². The molecule has 0 unspecified atom stereocenters. The molecule has 0 amide bonds. The molecule has 0 aliphatic rings. The molecule has 0 aromatic heterocycles. The minimum atomic E-state index is 0.732. The van der Waals surface area contributed by atoms with Crippen molar-refractivity contribution in [2.75, 3.05) is 7.05 Å². The number of nitrogens with one attached hydrogen (secondary N) is 1. The molecular formula is C22H30N2S. The highest BCUT2D eigenvalue weighted by Crippen LogP contribution is 2.17. The van der Waals surface area contributed by atoms with Crippen molar-refractivity contribution in [1.82, 2.24) is 10.2 Å². The Hall–Kier alpha value is -2.39. The molecule has 0 saturated carbocycles. The third-order valence-corrected chi connectivity index (χ3v) is 3.78. The normalized spacial score (nSPS) is 13.6. The molecule has 0 aromatic rings. The van der Waals surface area contributed by atoms with Gasteiger partial charge < -0.3 is 10.2 Å². The van der Waals surface area contributed by atoms with Crippen molar-refractivity contribution in [3.05, 3.63) is 108 Å². The maximum Gasteiger partial charge on any atom is 0.103 e. The Morgan fingerprint density at radius 1 is 1.00 bits per heavy atom. The third-order valence-electron chi connectivity index (χ3n) is 3.52. The first-order valence-electron chi connectivity index (χ1n) is 8.03. The van der Waals surface area contributed by atoms with Gasteiger partial charge in [0, 0.05) is 23.3 Å². The molecular weight excluding hydrogens is 324 g/mol. The summed E-state index contributed by atoms with van der Waals surface area (Å²) in [6.07, 6.45) is 15.3. The van der Waals surface area contributed by atoms with Gasteiger partial charge in [0.05, 0.1) is 0 Å². The van der Waals surface area contributed by atoms with E-state index in [0.717, 1.165) is 33.3 Å². The van der Waals surface area contributed by atoms with Gasteiger partial charge in [-0.2, -0.15) is 0 Å². The number of rotatable bonds is 10. The molecule has 3 heteroatoms. The summed E-state index contributed by atoms with van der Waals surface area (Å²) >= 11 is 4.30. The summed E-state index contributed by atoms with van der Waals surface area (Å²) in [6, 6.07) is 0. The quantitative estimate of drug-likeness (QED) is 0.368. The number of likely N-dealkylation sites (N-methyl/N-ethyl adjacent to an activating group) is 1. The summed E-state index contributed by atoms with van der Waals surface area (Å²) in [7, 11) is 1.96. The molecule has 0 saturated heterocycles. The largest absolute Gasteiger partial charge is 0.342 e. The highest BCUT2D eigenvalue weighted by Gasteiger charge is 2.08. The maximum atomic E-state index is 4.30. The molecule has 0 aliphatic heterocycles. The number of allylic oxidation sites excluding steroid dienone is 10. The summed E-state index contributed by atoms with van der Waals surface area (Å²) < 4.78 is 0. The van der Waals surface area contributed by atoms with Crippen LogP contribution in [0.1, 0.15) is 20.8 Å². The lowest BCUT2D eigenvalue weighted by Crippen LogP contribution is -2.27. The summed E-state index contributed by atoms with van der Waals surface area (Å²) in [5, 5.41) is 3.32. The van der Waals surface area contributed by atoms with Gasteiger partial charge in [0.1, 0.15) is 5.82 Å². The van der Waals surface area contributed by atoms with Crippen LogP contribution in [-0.4, -0.2) is 11.9 Å². The Morgan fingerprint density at radius 2 is 1.60 bits per heavy atom. The lowest BCUT2D eigenvalue weighted by atomic mass is 10.2. The van der Waals surface area contributed by atoms with E-state index in [-0.39, 0.29) is 0 Å². The fourth-order valence-electron chi connectivity index (χ4n) is 1.99. The van der Waals surface area contributed by atoms with Gasteiger partial charge in [0.15, 0.2) is 0 Å². The van der Waals surface area contributed by atoms with Crippen LogP contribution in [0.2, 0.25) is 0 Å². The second kappa shape index (κ2) is 12.0. The van der Waals surface area contributed by atoms with Gasteiger partial charge in [-0.15, -0.1) is 12.6 Å². The maximum absolute atomic E-state index is 4.30. The molecule has 25 heavy (non-hydrogen) atoms. The molecule has 0 heterocycles. The molecule has 2 nitrogen and oxygen atoms in total. The van der Waals surface area contributed by atoms with Gasteiger partial charge in [-0.1, -0.05) is 62.8 Å². The van der Waals surface area contributed by atoms with Gasteiger partial charge in [-0.05, 0) is 44.1 Å². The Kier molecular flexibility index (Phi) is 10.9. The zero-order valence-electron chi connectivity index (χ0n) is 15.8. The summed E-state index contributed by atoms with van der Waals surface area (Å²) in [5.74, 6) is 0.745.